The molecule has 5 heteroatoms. The second-order valence-electron chi connectivity index (χ2n) is 6.55. The third-order valence-corrected chi connectivity index (χ3v) is 4.63. The molecule has 1 fully saturated rings. The van der Waals surface area contributed by atoms with Gasteiger partial charge in [-0.1, -0.05) is 30.3 Å². The van der Waals surface area contributed by atoms with Crippen LogP contribution in [0.5, 0.6) is 0 Å². The van der Waals surface area contributed by atoms with Crippen molar-refractivity contribution in [3.8, 4) is 0 Å². The molecule has 0 bridgehead atoms. The fraction of sp³-hybridized carbons (Fsp3) is 0.474. The molecule has 1 aliphatic heterocycles. The zero-order chi connectivity index (χ0) is 16.6. The molecule has 2 aromatic rings. The second kappa shape index (κ2) is 8.64. The van der Waals surface area contributed by atoms with Crippen LogP contribution in [-0.2, 0) is 17.6 Å². The van der Waals surface area contributed by atoms with E-state index in [1.54, 1.807) is 6.20 Å². The molecule has 0 aliphatic carbocycles. The fourth-order valence-corrected chi connectivity index (χ4v) is 3.28. The van der Waals surface area contributed by atoms with Gasteiger partial charge < -0.3 is 10.2 Å². The number of carbonyl (C=O) groups is 1. The minimum absolute atomic E-state index is 0.145. The Hall–Kier alpha value is -2.14. The third kappa shape index (κ3) is 5.20. The molecule has 1 atom stereocenters. The fourth-order valence-electron chi connectivity index (χ4n) is 3.28. The van der Waals surface area contributed by atoms with Gasteiger partial charge in [0.1, 0.15) is 0 Å². The van der Waals surface area contributed by atoms with E-state index in [0.29, 0.717) is 6.42 Å². The number of aromatic amines is 1. The SMILES string of the molecule is O=C(CCc1cn[nH]c1)N[C@@H]1CCCN(CCc2ccccc2)C1. The van der Waals surface area contributed by atoms with Gasteiger partial charge in [0.15, 0.2) is 0 Å². The Morgan fingerprint density at radius 1 is 1.25 bits per heavy atom. The van der Waals surface area contributed by atoms with Crippen LogP contribution in [-0.4, -0.2) is 46.7 Å². The molecule has 3 rings (SSSR count). The standard InChI is InChI=1S/C19H26N4O/c24-19(9-8-17-13-20-21-14-17)22-18-7-4-11-23(15-18)12-10-16-5-2-1-3-6-16/h1-3,5-6,13-14,18H,4,7-12,15H2,(H,20,21)(H,22,24)/t18-/m1/s1. The van der Waals surface area contributed by atoms with Crippen molar-refractivity contribution in [3.63, 3.8) is 0 Å². The van der Waals surface area contributed by atoms with Gasteiger partial charge in [-0.2, -0.15) is 5.10 Å². The molecule has 1 amide bonds. The number of likely N-dealkylation sites (tertiary alicyclic amines) is 1. The summed E-state index contributed by atoms with van der Waals surface area (Å²) >= 11 is 0. The molecule has 1 saturated heterocycles. The summed E-state index contributed by atoms with van der Waals surface area (Å²) in [5.74, 6) is 0.145. The van der Waals surface area contributed by atoms with Crippen LogP contribution in [0.2, 0.25) is 0 Å². The van der Waals surface area contributed by atoms with Crippen LogP contribution in [0.4, 0.5) is 0 Å². The molecule has 0 radical (unpaired) electrons. The Kier molecular flexibility index (Phi) is 6.01. The smallest absolute Gasteiger partial charge is 0.220 e. The number of amides is 1. The first-order chi connectivity index (χ1) is 11.8. The van der Waals surface area contributed by atoms with Crippen molar-refractivity contribution in [1.29, 1.82) is 0 Å². The van der Waals surface area contributed by atoms with E-state index in [1.165, 1.54) is 5.56 Å². The summed E-state index contributed by atoms with van der Waals surface area (Å²) in [4.78, 5) is 14.6. The van der Waals surface area contributed by atoms with Crippen molar-refractivity contribution in [2.45, 2.75) is 38.1 Å². The number of piperidine rings is 1. The highest BCUT2D eigenvalue weighted by atomic mass is 16.1. The lowest BCUT2D eigenvalue weighted by molar-refractivity contribution is -0.122. The molecule has 24 heavy (non-hydrogen) atoms. The summed E-state index contributed by atoms with van der Waals surface area (Å²) in [6.07, 6.45) is 8.20. The Bertz CT molecular complexity index is 612. The number of hydrogen-bond donors (Lipinski definition) is 2. The van der Waals surface area contributed by atoms with Gasteiger partial charge in [0, 0.05) is 31.7 Å². The highest BCUT2D eigenvalue weighted by molar-refractivity contribution is 5.76. The summed E-state index contributed by atoms with van der Waals surface area (Å²) in [6, 6.07) is 10.9. The molecule has 5 nitrogen and oxygen atoms in total. The van der Waals surface area contributed by atoms with E-state index >= 15 is 0 Å². The molecule has 0 spiro atoms. The van der Waals surface area contributed by atoms with Gasteiger partial charge >= 0.3 is 0 Å². The maximum Gasteiger partial charge on any atom is 0.220 e. The zero-order valence-corrected chi connectivity index (χ0v) is 14.1. The van der Waals surface area contributed by atoms with Crippen LogP contribution in [0.25, 0.3) is 0 Å². The number of rotatable bonds is 7. The van der Waals surface area contributed by atoms with E-state index in [1.807, 2.05) is 6.20 Å². The van der Waals surface area contributed by atoms with Crippen LogP contribution < -0.4 is 5.32 Å². The summed E-state index contributed by atoms with van der Waals surface area (Å²) in [5.41, 5.74) is 2.46. The average Bonchev–Trinajstić information content (AvgIpc) is 3.13. The maximum atomic E-state index is 12.1. The number of carbonyl (C=O) groups excluding carboxylic acids is 1. The van der Waals surface area contributed by atoms with E-state index in [0.717, 1.165) is 50.9 Å². The minimum atomic E-state index is 0.145. The number of nitrogens with zero attached hydrogens (tertiary/aromatic N) is 2. The van der Waals surface area contributed by atoms with Crippen molar-refractivity contribution in [1.82, 2.24) is 20.4 Å². The largest absolute Gasteiger partial charge is 0.352 e. The van der Waals surface area contributed by atoms with Crippen molar-refractivity contribution < 1.29 is 4.79 Å². The quantitative estimate of drug-likeness (QED) is 0.820. The van der Waals surface area contributed by atoms with Crippen LogP contribution in [0.3, 0.4) is 0 Å². The molecule has 1 aromatic carbocycles. The van der Waals surface area contributed by atoms with Gasteiger partial charge in [0.2, 0.25) is 5.91 Å². The van der Waals surface area contributed by atoms with E-state index in [-0.39, 0.29) is 11.9 Å². The normalized spacial score (nSPS) is 18.4. The number of nitrogens with one attached hydrogen (secondary N) is 2. The number of aryl methyl sites for hydroxylation is 1. The van der Waals surface area contributed by atoms with Gasteiger partial charge in [0.05, 0.1) is 6.20 Å². The van der Waals surface area contributed by atoms with E-state index in [2.05, 4.69) is 50.7 Å². The van der Waals surface area contributed by atoms with Crippen molar-refractivity contribution in [3.05, 3.63) is 53.9 Å². The van der Waals surface area contributed by atoms with Crippen LogP contribution in [0.15, 0.2) is 42.7 Å². The van der Waals surface area contributed by atoms with Gasteiger partial charge in [0.25, 0.3) is 0 Å². The number of H-pyrrole nitrogens is 1. The number of benzene rings is 1. The molecule has 2 N–H and O–H groups in total. The lowest BCUT2D eigenvalue weighted by atomic mass is 10.0. The van der Waals surface area contributed by atoms with E-state index < -0.39 is 0 Å². The summed E-state index contributed by atoms with van der Waals surface area (Å²) in [7, 11) is 0. The Morgan fingerprint density at radius 2 is 2.12 bits per heavy atom. The Labute approximate surface area is 143 Å². The first-order valence-corrected chi connectivity index (χ1v) is 8.83. The monoisotopic (exact) mass is 326 g/mol. The lowest BCUT2D eigenvalue weighted by Gasteiger charge is -2.33. The number of aromatic nitrogens is 2. The second-order valence-corrected chi connectivity index (χ2v) is 6.55. The number of hydrogen-bond acceptors (Lipinski definition) is 3. The molecular weight excluding hydrogens is 300 g/mol. The van der Waals surface area contributed by atoms with Gasteiger partial charge in [-0.15, -0.1) is 0 Å². The van der Waals surface area contributed by atoms with Crippen LogP contribution in [0, 0.1) is 0 Å². The predicted molar refractivity (Wildman–Crippen MR) is 94.7 cm³/mol. The highest BCUT2D eigenvalue weighted by Crippen LogP contribution is 2.12. The van der Waals surface area contributed by atoms with Gasteiger partial charge in [-0.05, 0) is 43.4 Å². The van der Waals surface area contributed by atoms with Gasteiger partial charge in [-0.3, -0.25) is 9.89 Å². The summed E-state index contributed by atoms with van der Waals surface area (Å²) in [5, 5.41) is 9.89. The summed E-state index contributed by atoms with van der Waals surface area (Å²) < 4.78 is 0. The molecular formula is C19H26N4O. The first-order valence-electron chi connectivity index (χ1n) is 8.83. The molecule has 2 heterocycles. The topological polar surface area (TPSA) is 61.0 Å². The van der Waals surface area contributed by atoms with Crippen molar-refractivity contribution in [2.24, 2.45) is 0 Å². The lowest BCUT2D eigenvalue weighted by Crippen LogP contribution is -2.48. The summed E-state index contributed by atoms with van der Waals surface area (Å²) in [6.45, 7) is 3.16. The molecule has 0 saturated carbocycles. The molecule has 1 aromatic heterocycles. The van der Waals surface area contributed by atoms with Crippen LogP contribution in [0.1, 0.15) is 30.4 Å². The minimum Gasteiger partial charge on any atom is -0.352 e. The average molecular weight is 326 g/mol. The van der Waals surface area contributed by atoms with Crippen molar-refractivity contribution in [2.75, 3.05) is 19.6 Å². The molecule has 1 aliphatic rings. The zero-order valence-electron chi connectivity index (χ0n) is 14.1. The maximum absolute atomic E-state index is 12.1. The first kappa shape index (κ1) is 16.7. The predicted octanol–water partition coefficient (Wildman–Crippen LogP) is 2.17. The highest BCUT2D eigenvalue weighted by Gasteiger charge is 2.21. The van der Waals surface area contributed by atoms with Crippen LogP contribution >= 0.6 is 0 Å². The Balaban J connectivity index is 1.39. The van der Waals surface area contributed by atoms with Crippen molar-refractivity contribution >= 4 is 5.91 Å². The molecule has 0 unspecified atom stereocenters. The molecule has 128 valence electrons. The Morgan fingerprint density at radius 3 is 2.92 bits per heavy atom. The third-order valence-electron chi connectivity index (χ3n) is 4.63. The van der Waals surface area contributed by atoms with E-state index in [4.69, 9.17) is 0 Å². The van der Waals surface area contributed by atoms with Gasteiger partial charge in [-0.25, -0.2) is 0 Å². The van der Waals surface area contributed by atoms with E-state index in [9.17, 15) is 4.79 Å².